The molecule has 0 N–H and O–H groups in total. The van der Waals surface area contributed by atoms with Crippen LogP contribution in [0, 0.1) is 0 Å². The fourth-order valence-electron chi connectivity index (χ4n) is 10.7. The van der Waals surface area contributed by atoms with Crippen molar-refractivity contribution >= 4 is 49.7 Å². The van der Waals surface area contributed by atoms with Crippen LogP contribution in [0.25, 0.3) is 0 Å². The number of carbonyl (C=O) groups excluding carboxylic acids is 2. The van der Waals surface area contributed by atoms with Gasteiger partial charge in [0, 0.05) is 24.0 Å². The van der Waals surface area contributed by atoms with Gasteiger partial charge in [0.15, 0.2) is 0 Å². The Kier molecular flexibility index (Phi) is 70.4. The van der Waals surface area contributed by atoms with E-state index in [2.05, 4.69) is 51.3 Å². The van der Waals surface area contributed by atoms with Gasteiger partial charge in [-0.2, -0.15) is 0 Å². The first-order chi connectivity index (χ1) is 35.2. The maximum absolute atomic E-state index is 10.9. The largest absolute Gasteiger partial charge is 2.00 e. The van der Waals surface area contributed by atoms with Crippen LogP contribution in [-0.4, -0.2) is 97.7 Å². The van der Waals surface area contributed by atoms with Crippen molar-refractivity contribution in [2.24, 2.45) is 0 Å². The number of hydrogen-bond donors (Lipinski definition) is 0. The summed E-state index contributed by atoms with van der Waals surface area (Å²) in [7, 11) is 0. The van der Waals surface area contributed by atoms with Gasteiger partial charge in [0.25, 0.3) is 0 Å². The Hall–Kier alpha value is 0.120. The number of carboxylic acid groups (broad SMARTS) is 2. The number of hydrogen-bond acceptors (Lipinski definition) is 6. The molecule has 0 aromatic rings. The first-order valence-corrected chi connectivity index (χ1v) is 33.1. The van der Waals surface area contributed by atoms with Crippen LogP contribution in [0.4, 0.5) is 0 Å². The van der Waals surface area contributed by atoms with Crippen molar-refractivity contribution in [3.63, 3.8) is 0 Å². The number of carboxylic acids is 2. The molecule has 2 unspecified atom stereocenters. The van der Waals surface area contributed by atoms with Crippen molar-refractivity contribution in [2.45, 2.75) is 388 Å². The molecule has 0 radical (unpaired) electrons. The monoisotopic (exact) mass is 1060 g/mol. The van der Waals surface area contributed by atoms with E-state index in [1.807, 2.05) is 0 Å². The standard InChI is InChI=1S/2C33H67NO2.Ca/c2*1-4-6-8-10-12-14-16-18-20-22-24-26-30-34(32(3)28-29-33(35)36)31-27-25-23-21-19-17-15-13-11-9-7-5-2;/h2*32H,4-31H2,1-3H3,(H,35,36);/q;;+2/p-2. The zero-order chi connectivity index (χ0) is 53.1. The molecule has 0 saturated heterocycles. The van der Waals surface area contributed by atoms with Gasteiger partial charge in [-0.1, -0.05) is 310 Å². The molecule has 7 heteroatoms. The van der Waals surface area contributed by atoms with Crippen LogP contribution >= 0.6 is 0 Å². The summed E-state index contributed by atoms with van der Waals surface area (Å²) in [5.41, 5.74) is 0. The van der Waals surface area contributed by atoms with Crippen LogP contribution in [0.5, 0.6) is 0 Å². The molecule has 6 nitrogen and oxygen atoms in total. The minimum absolute atomic E-state index is 0. The predicted octanol–water partition coefficient (Wildman–Crippen LogP) is 18.8. The summed E-state index contributed by atoms with van der Waals surface area (Å²) in [5.74, 6) is -1.81. The Bertz CT molecular complexity index is 910. The van der Waals surface area contributed by atoms with E-state index in [0.29, 0.717) is 12.1 Å². The topological polar surface area (TPSA) is 86.7 Å². The molecule has 73 heavy (non-hydrogen) atoms. The maximum atomic E-state index is 10.9. The molecule has 0 aromatic heterocycles. The Balaban J connectivity index is -0.00000132. The van der Waals surface area contributed by atoms with Crippen LogP contribution in [0.2, 0.25) is 0 Å². The third-order valence-electron chi connectivity index (χ3n) is 16.0. The molecule has 432 valence electrons. The minimum Gasteiger partial charge on any atom is -0.550 e. The van der Waals surface area contributed by atoms with Gasteiger partial charge in [-0.05, 0) is 91.4 Å². The van der Waals surface area contributed by atoms with Gasteiger partial charge in [-0.15, -0.1) is 0 Å². The van der Waals surface area contributed by atoms with Crippen molar-refractivity contribution in [3.8, 4) is 0 Å². The quantitative estimate of drug-likeness (QED) is 0.0446. The number of unbranched alkanes of at least 4 members (excludes halogenated alkanes) is 44. The van der Waals surface area contributed by atoms with Crippen LogP contribution in [0.3, 0.4) is 0 Å². The molecule has 0 aromatic carbocycles. The molecule has 0 fully saturated rings. The third kappa shape index (κ3) is 64.5. The third-order valence-corrected chi connectivity index (χ3v) is 16.0. The van der Waals surface area contributed by atoms with Gasteiger partial charge >= 0.3 is 37.7 Å². The summed E-state index contributed by atoms with van der Waals surface area (Å²) in [6, 6.07) is 0.701. The van der Waals surface area contributed by atoms with Crippen LogP contribution in [-0.2, 0) is 9.59 Å². The second-order valence-electron chi connectivity index (χ2n) is 23.1. The minimum atomic E-state index is -0.905. The van der Waals surface area contributed by atoms with Crippen molar-refractivity contribution < 1.29 is 19.8 Å². The zero-order valence-electron chi connectivity index (χ0n) is 51.0. The van der Waals surface area contributed by atoms with Crippen molar-refractivity contribution in [1.29, 1.82) is 0 Å². The van der Waals surface area contributed by atoms with Gasteiger partial charge in [0.2, 0.25) is 0 Å². The van der Waals surface area contributed by atoms with E-state index in [9.17, 15) is 19.8 Å². The predicted molar refractivity (Wildman–Crippen MR) is 321 cm³/mol. The summed E-state index contributed by atoms with van der Waals surface area (Å²) in [6.07, 6.45) is 68.1. The van der Waals surface area contributed by atoms with E-state index in [4.69, 9.17) is 0 Å². The molecule has 2 atom stereocenters. The van der Waals surface area contributed by atoms with Crippen LogP contribution in [0.1, 0.15) is 375 Å². The molecule has 0 rings (SSSR count). The zero-order valence-corrected chi connectivity index (χ0v) is 53.2. The van der Waals surface area contributed by atoms with Gasteiger partial charge in [-0.25, -0.2) is 0 Å². The first-order valence-electron chi connectivity index (χ1n) is 33.1. The van der Waals surface area contributed by atoms with E-state index in [-0.39, 0.29) is 50.6 Å². The van der Waals surface area contributed by atoms with E-state index in [0.717, 1.165) is 39.0 Å². The summed E-state index contributed by atoms with van der Waals surface area (Å²) in [5, 5.41) is 21.9. The Morgan fingerprint density at radius 1 is 0.274 bits per heavy atom. The smallest absolute Gasteiger partial charge is 0.550 e. The number of aliphatic carboxylic acids is 2. The van der Waals surface area contributed by atoms with E-state index in [1.165, 1.54) is 308 Å². The average molecular weight is 1060 g/mol. The van der Waals surface area contributed by atoms with Gasteiger partial charge in [0.1, 0.15) is 0 Å². The Labute approximate surface area is 489 Å². The van der Waals surface area contributed by atoms with Gasteiger partial charge in [-0.3, -0.25) is 0 Å². The molecule has 0 heterocycles. The molecule has 0 aliphatic heterocycles. The van der Waals surface area contributed by atoms with E-state index < -0.39 is 11.9 Å². The Morgan fingerprint density at radius 3 is 0.548 bits per heavy atom. The molecule has 0 amide bonds. The van der Waals surface area contributed by atoms with Gasteiger partial charge in [0.05, 0.1) is 0 Å². The molecular weight excluding hydrogens is 925 g/mol. The average Bonchev–Trinajstić information content (AvgIpc) is 3.37. The number of carbonyl (C=O) groups is 2. The fraction of sp³-hybridized carbons (Fsp3) is 0.970. The van der Waals surface area contributed by atoms with E-state index in [1.54, 1.807) is 0 Å². The van der Waals surface area contributed by atoms with Crippen molar-refractivity contribution in [1.82, 2.24) is 9.80 Å². The normalized spacial score (nSPS) is 12.3. The second kappa shape index (κ2) is 66.4. The molecule has 0 spiro atoms. The SMILES string of the molecule is CCCCCCCCCCCCCCN(CCCCCCCCCCCCCC)C(C)CCC(=O)[O-].CCCCCCCCCCCCCCN(CCCCCCCCCCCCCC)C(C)CCC(=O)[O-].[Ca+2]. The van der Waals surface area contributed by atoms with Gasteiger partial charge < -0.3 is 29.6 Å². The maximum Gasteiger partial charge on any atom is 2.00 e. The van der Waals surface area contributed by atoms with E-state index >= 15 is 0 Å². The van der Waals surface area contributed by atoms with Crippen molar-refractivity contribution in [3.05, 3.63) is 0 Å². The van der Waals surface area contributed by atoms with Crippen molar-refractivity contribution in [2.75, 3.05) is 26.2 Å². The second-order valence-corrected chi connectivity index (χ2v) is 23.1. The molecule has 0 aliphatic carbocycles. The number of nitrogens with zero attached hydrogens (tertiary/aromatic N) is 2. The molecule has 0 aliphatic rings. The van der Waals surface area contributed by atoms with Crippen LogP contribution < -0.4 is 10.2 Å². The summed E-state index contributed by atoms with van der Waals surface area (Å²) in [4.78, 5) is 27.0. The molecule has 0 saturated carbocycles. The van der Waals surface area contributed by atoms with Crippen LogP contribution in [0.15, 0.2) is 0 Å². The summed E-state index contributed by atoms with van der Waals surface area (Å²) < 4.78 is 0. The molecular formula is C66H132CaN2O4. The first kappa shape index (κ1) is 77.4. The molecule has 0 bridgehead atoms. The number of rotatable bonds is 60. The summed E-state index contributed by atoms with van der Waals surface area (Å²) >= 11 is 0. The Morgan fingerprint density at radius 2 is 0.411 bits per heavy atom. The fourth-order valence-corrected chi connectivity index (χ4v) is 10.7. The summed E-state index contributed by atoms with van der Waals surface area (Å²) in [6.45, 7) is 18.1.